The van der Waals surface area contributed by atoms with E-state index in [1.165, 1.54) is 4.31 Å². The molecule has 1 aliphatic rings. The van der Waals surface area contributed by atoms with Crippen LogP contribution in [0.3, 0.4) is 0 Å². The molecule has 0 bridgehead atoms. The third kappa shape index (κ3) is 2.63. The van der Waals surface area contributed by atoms with Crippen molar-refractivity contribution in [2.75, 3.05) is 12.3 Å². The average Bonchev–Trinajstić information content (AvgIpc) is 2.06. The Morgan fingerprint density at radius 2 is 1.94 bits per heavy atom. The lowest BCUT2D eigenvalue weighted by atomic mass is 9.92. The highest BCUT2D eigenvalue weighted by atomic mass is 32.2. The second-order valence-electron chi connectivity index (χ2n) is 5.33. The number of ketones is 1. The second-order valence-corrected chi connectivity index (χ2v) is 7.27. The van der Waals surface area contributed by atoms with E-state index < -0.39 is 15.6 Å². The molecule has 4 nitrogen and oxygen atoms in total. The van der Waals surface area contributed by atoms with Crippen molar-refractivity contribution in [3.05, 3.63) is 0 Å². The first-order valence-corrected chi connectivity index (χ1v) is 7.32. The Labute approximate surface area is 98.1 Å². The molecule has 0 amide bonds. The van der Waals surface area contributed by atoms with Crippen LogP contribution in [-0.2, 0) is 14.8 Å². The van der Waals surface area contributed by atoms with Crippen molar-refractivity contribution in [1.29, 1.82) is 0 Å². The van der Waals surface area contributed by atoms with E-state index in [9.17, 15) is 13.2 Å². The maximum absolute atomic E-state index is 12.1. The van der Waals surface area contributed by atoms with E-state index in [0.29, 0.717) is 19.4 Å². The Bertz CT molecular complexity index is 371. The molecular formula is C11H21NO3S. The molecule has 94 valence electrons. The van der Waals surface area contributed by atoms with Gasteiger partial charge in [0, 0.05) is 13.0 Å². The minimum absolute atomic E-state index is 0.0195. The first kappa shape index (κ1) is 13.6. The zero-order valence-electron chi connectivity index (χ0n) is 10.5. The van der Waals surface area contributed by atoms with Gasteiger partial charge < -0.3 is 0 Å². The van der Waals surface area contributed by atoms with Crippen LogP contribution in [-0.4, -0.2) is 36.3 Å². The van der Waals surface area contributed by atoms with Gasteiger partial charge in [-0.05, 0) is 26.2 Å². The molecule has 0 aromatic heterocycles. The second kappa shape index (κ2) is 4.45. The summed E-state index contributed by atoms with van der Waals surface area (Å²) in [5, 5.41) is 0. The molecule has 0 aromatic rings. The predicted octanol–water partition coefficient (Wildman–Crippen LogP) is 1.42. The van der Waals surface area contributed by atoms with Crippen molar-refractivity contribution in [2.45, 2.75) is 46.1 Å². The third-order valence-corrected chi connectivity index (χ3v) is 5.35. The van der Waals surface area contributed by atoms with Crippen molar-refractivity contribution < 1.29 is 13.2 Å². The SMILES string of the molecule is CC(C)CS(=O)(=O)N1CCCC(=O)C1(C)C. The molecule has 1 heterocycles. The summed E-state index contributed by atoms with van der Waals surface area (Å²) in [6, 6.07) is 0. The number of carbonyl (C=O) groups is 1. The molecule has 0 spiro atoms. The molecule has 1 aliphatic heterocycles. The van der Waals surface area contributed by atoms with Crippen LogP contribution >= 0.6 is 0 Å². The first-order valence-electron chi connectivity index (χ1n) is 5.72. The third-order valence-electron chi connectivity index (χ3n) is 2.95. The highest BCUT2D eigenvalue weighted by molar-refractivity contribution is 7.89. The summed E-state index contributed by atoms with van der Waals surface area (Å²) in [7, 11) is -3.31. The van der Waals surface area contributed by atoms with Gasteiger partial charge in [-0.15, -0.1) is 0 Å². The molecule has 1 rings (SSSR count). The fraction of sp³-hybridized carbons (Fsp3) is 0.909. The van der Waals surface area contributed by atoms with Gasteiger partial charge in [-0.1, -0.05) is 13.8 Å². The van der Waals surface area contributed by atoms with Crippen LogP contribution in [0.25, 0.3) is 0 Å². The number of piperidine rings is 1. The maximum Gasteiger partial charge on any atom is 0.215 e. The lowest BCUT2D eigenvalue weighted by molar-refractivity contribution is -0.129. The zero-order valence-corrected chi connectivity index (χ0v) is 11.3. The Kier molecular flexibility index (Phi) is 3.80. The smallest absolute Gasteiger partial charge is 0.215 e. The lowest BCUT2D eigenvalue weighted by Gasteiger charge is -2.40. The van der Waals surface area contributed by atoms with E-state index in [1.807, 2.05) is 13.8 Å². The summed E-state index contributed by atoms with van der Waals surface area (Å²) in [5.74, 6) is 0.216. The van der Waals surface area contributed by atoms with E-state index in [4.69, 9.17) is 0 Å². The topological polar surface area (TPSA) is 54.5 Å². The zero-order chi connectivity index (χ0) is 12.6. The van der Waals surface area contributed by atoms with Crippen molar-refractivity contribution in [1.82, 2.24) is 4.31 Å². The molecule has 0 saturated carbocycles. The van der Waals surface area contributed by atoms with Gasteiger partial charge in [0.25, 0.3) is 0 Å². The summed E-state index contributed by atoms with van der Waals surface area (Å²) in [6.07, 6.45) is 1.13. The molecule has 0 N–H and O–H groups in total. The minimum atomic E-state index is -3.31. The molecular weight excluding hydrogens is 226 g/mol. The Balaban J connectivity index is 2.98. The molecule has 0 aromatic carbocycles. The van der Waals surface area contributed by atoms with Gasteiger partial charge in [0.1, 0.15) is 0 Å². The number of hydrogen-bond donors (Lipinski definition) is 0. The number of carbonyl (C=O) groups excluding carboxylic acids is 1. The monoisotopic (exact) mass is 247 g/mol. The highest BCUT2D eigenvalue weighted by Crippen LogP contribution is 2.28. The van der Waals surface area contributed by atoms with Crippen LogP contribution in [0.1, 0.15) is 40.5 Å². The van der Waals surface area contributed by atoms with Gasteiger partial charge in [0.15, 0.2) is 5.78 Å². The Morgan fingerprint density at radius 1 is 1.38 bits per heavy atom. The number of hydrogen-bond acceptors (Lipinski definition) is 3. The number of nitrogens with zero attached hydrogens (tertiary/aromatic N) is 1. The summed E-state index contributed by atoms with van der Waals surface area (Å²) in [4.78, 5) is 11.8. The number of rotatable bonds is 3. The van der Waals surface area contributed by atoms with Crippen molar-refractivity contribution in [2.24, 2.45) is 5.92 Å². The average molecular weight is 247 g/mol. The van der Waals surface area contributed by atoms with Gasteiger partial charge in [-0.3, -0.25) is 4.79 Å². The van der Waals surface area contributed by atoms with Crippen LogP contribution < -0.4 is 0 Å². The van der Waals surface area contributed by atoms with Gasteiger partial charge in [-0.25, -0.2) is 8.42 Å². The summed E-state index contributed by atoms with van der Waals surface area (Å²) in [5.41, 5.74) is -0.869. The van der Waals surface area contributed by atoms with Crippen molar-refractivity contribution >= 4 is 15.8 Å². The number of sulfonamides is 1. The molecule has 16 heavy (non-hydrogen) atoms. The minimum Gasteiger partial charge on any atom is -0.298 e. The quantitative estimate of drug-likeness (QED) is 0.758. The maximum atomic E-state index is 12.1. The fourth-order valence-electron chi connectivity index (χ4n) is 2.11. The van der Waals surface area contributed by atoms with E-state index in [0.717, 1.165) is 0 Å². The highest BCUT2D eigenvalue weighted by Gasteiger charge is 2.43. The normalized spacial score (nSPS) is 22.7. The van der Waals surface area contributed by atoms with Crippen LogP contribution in [0.5, 0.6) is 0 Å². The van der Waals surface area contributed by atoms with Crippen LogP contribution in [0, 0.1) is 5.92 Å². The standard InChI is InChI=1S/C11H21NO3S/c1-9(2)8-16(14,15)12-7-5-6-10(13)11(12,3)4/h9H,5-8H2,1-4H3. The fourth-order valence-corrected chi connectivity index (χ4v) is 4.33. The predicted molar refractivity (Wildman–Crippen MR) is 63.7 cm³/mol. The first-order chi connectivity index (χ1) is 7.18. The van der Waals surface area contributed by atoms with E-state index in [2.05, 4.69) is 0 Å². The molecule has 1 fully saturated rings. The lowest BCUT2D eigenvalue weighted by Crippen LogP contribution is -2.56. The molecule has 0 aliphatic carbocycles. The largest absolute Gasteiger partial charge is 0.298 e. The molecule has 5 heteroatoms. The number of Topliss-reactive ketones (excluding diaryl/α,β-unsaturated/α-hetero) is 1. The molecule has 0 radical (unpaired) electrons. The summed E-state index contributed by atoms with van der Waals surface area (Å²) < 4.78 is 25.6. The molecule has 0 unspecified atom stereocenters. The van der Waals surface area contributed by atoms with Gasteiger partial charge >= 0.3 is 0 Å². The Morgan fingerprint density at radius 3 is 2.44 bits per heavy atom. The van der Waals surface area contributed by atoms with E-state index >= 15 is 0 Å². The van der Waals surface area contributed by atoms with Crippen LogP contribution in [0.4, 0.5) is 0 Å². The molecule has 0 atom stereocenters. The summed E-state index contributed by atoms with van der Waals surface area (Å²) in [6.45, 7) is 7.61. The van der Waals surface area contributed by atoms with Gasteiger partial charge in [-0.2, -0.15) is 4.31 Å². The van der Waals surface area contributed by atoms with E-state index in [-0.39, 0.29) is 17.5 Å². The van der Waals surface area contributed by atoms with Gasteiger partial charge in [0.2, 0.25) is 10.0 Å². The van der Waals surface area contributed by atoms with E-state index in [1.54, 1.807) is 13.8 Å². The van der Waals surface area contributed by atoms with Crippen LogP contribution in [0.15, 0.2) is 0 Å². The Hall–Kier alpha value is -0.420. The van der Waals surface area contributed by atoms with Crippen molar-refractivity contribution in [3.8, 4) is 0 Å². The summed E-state index contributed by atoms with van der Waals surface area (Å²) >= 11 is 0. The van der Waals surface area contributed by atoms with Crippen LogP contribution in [0.2, 0.25) is 0 Å². The molecule has 1 saturated heterocycles. The van der Waals surface area contributed by atoms with Crippen molar-refractivity contribution in [3.63, 3.8) is 0 Å². The van der Waals surface area contributed by atoms with Gasteiger partial charge in [0.05, 0.1) is 11.3 Å².